The molecule has 32 heavy (non-hydrogen) atoms. The standard InChI is InChI=1S/C26H35N3O3/c1-6-12-29(13-7-2)17-19-8-10-20(11-9-19)27-18(3)14-22-21-15-24(31-4)25(32-5)16-23(21)28-26(22)30/h8-11,14-16,18,27H,6-7,12-13,17H2,1-5H3,(H,28,30). The van der Waals surface area contributed by atoms with Gasteiger partial charge in [-0.1, -0.05) is 26.0 Å². The zero-order chi connectivity index (χ0) is 23.1. The van der Waals surface area contributed by atoms with Crippen molar-refractivity contribution in [1.29, 1.82) is 0 Å². The summed E-state index contributed by atoms with van der Waals surface area (Å²) in [5.41, 5.74) is 4.53. The van der Waals surface area contributed by atoms with Crippen molar-refractivity contribution in [1.82, 2.24) is 4.90 Å². The van der Waals surface area contributed by atoms with Gasteiger partial charge in [-0.05, 0) is 62.7 Å². The smallest absolute Gasteiger partial charge is 0.256 e. The summed E-state index contributed by atoms with van der Waals surface area (Å²) in [5, 5.41) is 6.39. The van der Waals surface area contributed by atoms with Crippen molar-refractivity contribution in [2.75, 3.05) is 37.9 Å². The minimum absolute atomic E-state index is 0.0303. The molecule has 0 fully saturated rings. The highest BCUT2D eigenvalue weighted by atomic mass is 16.5. The van der Waals surface area contributed by atoms with Crippen LogP contribution in [0.4, 0.5) is 11.4 Å². The predicted octanol–water partition coefficient (Wildman–Crippen LogP) is 5.16. The van der Waals surface area contributed by atoms with Crippen LogP contribution in [0.3, 0.4) is 0 Å². The van der Waals surface area contributed by atoms with Gasteiger partial charge in [-0.2, -0.15) is 0 Å². The van der Waals surface area contributed by atoms with Crippen LogP contribution in [0.2, 0.25) is 0 Å². The first-order chi connectivity index (χ1) is 15.5. The van der Waals surface area contributed by atoms with Gasteiger partial charge in [0.2, 0.25) is 0 Å². The first-order valence-corrected chi connectivity index (χ1v) is 11.4. The molecular weight excluding hydrogens is 402 g/mol. The van der Waals surface area contributed by atoms with Crippen LogP contribution in [0.15, 0.2) is 42.5 Å². The molecule has 1 amide bonds. The maximum atomic E-state index is 12.6. The molecule has 0 aliphatic carbocycles. The van der Waals surface area contributed by atoms with Crippen LogP contribution in [-0.4, -0.2) is 44.2 Å². The van der Waals surface area contributed by atoms with Gasteiger partial charge in [0.05, 0.1) is 19.9 Å². The molecular formula is C26H35N3O3. The van der Waals surface area contributed by atoms with Crippen molar-refractivity contribution in [3.8, 4) is 11.5 Å². The molecule has 6 heteroatoms. The summed E-state index contributed by atoms with van der Waals surface area (Å²) in [6.45, 7) is 9.71. The third-order valence-corrected chi connectivity index (χ3v) is 5.56. The summed E-state index contributed by atoms with van der Waals surface area (Å²) in [5.74, 6) is 1.08. The highest BCUT2D eigenvalue weighted by Crippen LogP contribution is 2.40. The molecule has 1 aliphatic heterocycles. The molecule has 0 aromatic heterocycles. The Labute approximate surface area is 191 Å². The fourth-order valence-electron chi connectivity index (χ4n) is 4.10. The fraction of sp³-hybridized carbons (Fsp3) is 0.423. The largest absolute Gasteiger partial charge is 0.493 e. The Balaban J connectivity index is 1.70. The molecule has 0 spiro atoms. The number of ether oxygens (including phenoxy) is 2. The number of nitrogens with one attached hydrogen (secondary N) is 2. The number of rotatable bonds is 11. The molecule has 6 nitrogen and oxygen atoms in total. The van der Waals surface area contributed by atoms with E-state index >= 15 is 0 Å². The van der Waals surface area contributed by atoms with Gasteiger partial charge in [0.1, 0.15) is 0 Å². The topological polar surface area (TPSA) is 62.8 Å². The lowest BCUT2D eigenvalue weighted by molar-refractivity contribution is -0.110. The summed E-state index contributed by atoms with van der Waals surface area (Å²) in [6, 6.07) is 12.2. The highest BCUT2D eigenvalue weighted by molar-refractivity contribution is 6.31. The van der Waals surface area contributed by atoms with Gasteiger partial charge in [0, 0.05) is 35.5 Å². The van der Waals surface area contributed by atoms with E-state index in [9.17, 15) is 4.79 Å². The van der Waals surface area contributed by atoms with Gasteiger partial charge in [-0.15, -0.1) is 0 Å². The number of hydrogen-bond acceptors (Lipinski definition) is 5. The lowest BCUT2D eigenvalue weighted by Gasteiger charge is -2.21. The highest BCUT2D eigenvalue weighted by Gasteiger charge is 2.27. The van der Waals surface area contributed by atoms with E-state index in [0.29, 0.717) is 17.1 Å². The van der Waals surface area contributed by atoms with Gasteiger partial charge in [0.15, 0.2) is 11.5 Å². The minimum Gasteiger partial charge on any atom is -0.493 e. The summed E-state index contributed by atoms with van der Waals surface area (Å²) in [7, 11) is 3.18. The van der Waals surface area contributed by atoms with E-state index in [4.69, 9.17) is 9.47 Å². The lowest BCUT2D eigenvalue weighted by atomic mass is 10.0. The van der Waals surface area contributed by atoms with E-state index < -0.39 is 0 Å². The second kappa shape index (κ2) is 11.0. The van der Waals surface area contributed by atoms with Gasteiger partial charge in [-0.25, -0.2) is 0 Å². The number of nitrogens with zero attached hydrogens (tertiary/aromatic N) is 1. The molecule has 2 aromatic carbocycles. The Bertz CT molecular complexity index is 948. The molecule has 0 saturated carbocycles. The molecule has 2 aromatic rings. The molecule has 1 atom stereocenters. The molecule has 2 N–H and O–H groups in total. The SMILES string of the molecule is CCCN(CCC)Cc1ccc(NC(C)C=C2C(=O)Nc3cc(OC)c(OC)cc32)cc1. The summed E-state index contributed by atoms with van der Waals surface area (Å²) < 4.78 is 10.7. The lowest BCUT2D eigenvalue weighted by Crippen LogP contribution is -2.24. The van der Waals surface area contributed by atoms with Gasteiger partial charge in [0.25, 0.3) is 5.91 Å². The van der Waals surface area contributed by atoms with Crippen molar-refractivity contribution in [2.24, 2.45) is 0 Å². The number of hydrogen-bond donors (Lipinski definition) is 2. The zero-order valence-corrected chi connectivity index (χ0v) is 19.8. The van der Waals surface area contributed by atoms with Crippen molar-refractivity contribution in [3.05, 3.63) is 53.6 Å². The quantitative estimate of drug-likeness (QED) is 0.475. The second-order valence-corrected chi connectivity index (χ2v) is 8.19. The van der Waals surface area contributed by atoms with E-state index in [1.165, 1.54) is 18.4 Å². The Hall–Kier alpha value is -2.99. The normalized spacial score (nSPS) is 14.9. The number of carbonyl (C=O) groups is 1. The molecule has 3 rings (SSSR count). The summed E-state index contributed by atoms with van der Waals surface area (Å²) >= 11 is 0. The number of fused-ring (bicyclic) bond motifs is 1. The van der Waals surface area contributed by atoms with Crippen molar-refractivity contribution in [2.45, 2.75) is 46.2 Å². The molecule has 0 saturated heterocycles. The van der Waals surface area contributed by atoms with Crippen LogP contribution in [-0.2, 0) is 11.3 Å². The van der Waals surface area contributed by atoms with E-state index in [-0.39, 0.29) is 11.9 Å². The van der Waals surface area contributed by atoms with E-state index in [2.05, 4.69) is 53.6 Å². The molecule has 1 heterocycles. The second-order valence-electron chi connectivity index (χ2n) is 8.19. The third kappa shape index (κ3) is 5.62. The summed E-state index contributed by atoms with van der Waals surface area (Å²) in [4.78, 5) is 15.1. The van der Waals surface area contributed by atoms with Crippen LogP contribution >= 0.6 is 0 Å². The predicted molar refractivity (Wildman–Crippen MR) is 132 cm³/mol. The third-order valence-electron chi connectivity index (χ3n) is 5.56. The first-order valence-electron chi connectivity index (χ1n) is 11.4. The average molecular weight is 438 g/mol. The number of benzene rings is 2. The van der Waals surface area contributed by atoms with Crippen LogP contribution in [0.5, 0.6) is 11.5 Å². The van der Waals surface area contributed by atoms with E-state index in [0.717, 1.165) is 36.6 Å². The van der Waals surface area contributed by atoms with Gasteiger partial charge in [-0.3, -0.25) is 9.69 Å². The van der Waals surface area contributed by atoms with Crippen LogP contribution in [0.25, 0.3) is 5.57 Å². The Morgan fingerprint density at radius 3 is 2.25 bits per heavy atom. The van der Waals surface area contributed by atoms with Crippen molar-refractivity contribution in [3.63, 3.8) is 0 Å². The number of methoxy groups -OCH3 is 2. The first kappa shape index (κ1) is 23.7. The Morgan fingerprint density at radius 2 is 1.66 bits per heavy atom. The molecule has 1 unspecified atom stereocenters. The maximum absolute atomic E-state index is 12.6. The van der Waals surface area contributed by atoms with Gasteiger partial charge < -0.3 is 20.1 Å². The minimum atomic E-state index is -0.119. The molecule has 0 bridgehead atoms. The molecule has 1 aliphatic rings. The molecule has 172 valence electrons. The van der Waals surface area contributed by atoms with Crippen molar-refractivity contribution < 1.29 is 14.3 Å². The monoisotopic (exact) mass is 437 g/mol. The van der Waals surface area contributed by atoms with Crippen molar-refractivity contribution >= 4 is 22.9 Å². The van der Waals surface area contributed by atoms with E-state index in [1.54, 1.807) is 20.3 Å². The summed E-state index contributed by atoms with van der Waals surface area (Å²) in [6.07, 6.45) is 4.29. The van der Waals surface area contributed by atoms with Crippen LogP contribution < -0.4 is 20.1 Å². The average Bonchev–Trinajstić information content (AvgIpc) is 3.08. The van der Waals surface area contributed by atoms with E-state index in [1.807, 2.05) is 19.1 Å². The Morgan fingerprint density at radius 1 is 1.03 bits per heavy atom. The number of carbonyl (C=O) groups excluding carboxylic acids is 1. The zero-order valence-electron chi connectivity index (χ0n) is 19.8. The molecule has 0 radical (unpaired) electrons. The number of anilines is 2. The van der Waals surface area contributed by atoms with Gasteiger partial charge >= 0.3 is 0 Å². The maximum Gasteiger partial charge on any atom is 0.256 e. The van der Waals surface area contributed by atoms with Crippen LogP contribution in [0, 0.1) is 0 Å². The van der Waals surface area contributed by atoms with Crippen LogP contribution in [0.1, 0.15) is 44.7 Å². The number of amides is 1. The fourth-order valence-corrected chi connectivity index (χ4v) is 4.10. The Kier molecular flexibility index (Phi) is 8.17.